The van der Waals surface area contributed by atoms with E-state index in [4.69, 9.17) is 5.11 Å². The lowest BCUT2D eigenvalue weighted by Gasteiger charge is -2.19. The summed E-state index contributed by atoms with van der Waals surface area (Å²) >= 11 is 0. The molecule has 0 aliphatic heterocycles. The number of aliphatic carboxylic acids is 1. The standard InChI is InChI=1S/C14H20N2O4/c1-9(17)15-12-6-3-11(4-7-12)5-8-13(14(19)20)16-10(2)18/h3-4,6-7,11-13H,5,8H2,1-2H3,(H,15,17)(H,16,18)(H,19,20)/t11?,12?,13-/m1/s1. The second-order valence-corrected chi connectivity index (χ2v) is 4.83. The molecule has 1 atom stereocenters. The third-order valence-corrected chi connectivity index (χ3v) is 2.97. The van der Waals surface area contributed by atoms with Crippen molar-refractivity contribution in [3.8, 4) is 0 Å². The van der Waals surface area contributed by atoms with Crippen LogP contribution in [0.5, 0.6) is 0 Å². The first kappa shape index (κ1) is 15.9. The molecule has 20 heavy (non-hydrogen) atoms. The molecule has 6 heteroatoms. The number of rotatable bonds is 6. The van der Waals surface area contributed by atoms with Gasteiger partial charge in [0, 0.05) is 13.8 Å². The molecule has 0 aromatic carbocycles. The van der Waals surface area contributed by atoms with Gasteiger partial charge in [0.2, 0.25) is 11.8 Å². The Bertz CT molecular complexity index is 428. The maximum Gasteiger partial charge on any atom is 0.326 e. The molecule has 0 spiro atoms. The monoisotopic (exact) mass is 280 g/mol. The summed E-state index contributed by atoms with van der Waals surface area (Å²) in [6, 6.07) is -0.961. The summed E-state index contributed by atoms with van der Waals surface area (Å²) in [4.78, 5) is 32.8. The van der Waals surface area contributed by atoms with Crippen molar-refractivity contribution in [3.05, 3.63) is 24.3 Å². The van der Waals surface area contributed by atoms with E-state index < -0.39 is 12.0 Å². The first-order valence-electron chi connectivity index (χ1n) is 6.52. The van der Waals surface area contributed by atoms with E-state index in [9.17, 15) is 14.4 Å². The number of hydrogen-bond acceptors (Lipinski definition) is 3. The molecule has 0 radical (unpaired) electrons. The molecule has 0 unspecified atom stereocenters. The summed E-state index contributed by atoms with van der Waals surface area (Å²) in [5.41, 5.74) is 0. The summed E-state index contributed by atoms with van der Waals surface area (Å²) in [5, 5.41) is 14.2. The zero-order valence-corrected chi connectivity index (χ0v) is 11.6. The van der Waals surface area contributed by atoms with Crippen molar-refractivity contribution >= 4 is 17.8 Å². The lowest BCUT2D eigenvalue weighted by atomic mass is 9.94. The van der Waals surface area contributed by atoms with Gasteiger partial charge in [0.25, 0.3) is 0 Å². The van der Waals surface area contributed by atoms with Crippen LogP contribution >= 0.6 is 0 Å². The van der Waals surface area contributed by atoms with Gasteiger partial charge in [0.05, 0.1) is 6.04 Å². The van der Waals surface area contributed by atoms with Crippen molar-refractivity contribution in [3.63, 3.8) is 0 Å². The van der Waals surface area contributed by atoms with Gasteiger partial charge in [-0.25, -0.2) is 4.79 Å². The van der Waals surface area contributed by atoms with E-state index in [0.717, 1.165) is 0 Å². The van der Waals surface area contributed by atoms with Crippen LogP contribution in [0, 0.1) is 5.92 Å². The van der Waals surface area contributed by atoms with Crippen molar-refractivity contribution in [2.45, 2.75) is 38.8 Å². The van der Waals surface area contributed by atoms with Crippen molar-refractivity contribution < 1.29 is 19.5 Å². The predicted octanol–water partition coefficient (Wildman–Crippen LogP) is 0.603. The number of carbonyl (C=O) groups excluding carboxylic acids is 2. The van der Waals surface area contributed by atoms with E-state index in [1.165, 1.54) is 13.8 Å². The fraction of sp³-hybridized carbons (Fsp3) is 0.500. The highest BCUT2D eigenvalue weighted by atomic mass is 16.4. The molecule has 1 aliphatic rings. The Morgan fingerprint density at radius 3 is 2.15 bits per heavy atom. The highest BCUT2D eigenvalue weighted by molar-refractivity contribution is 5.82. The molecule has 0 aromatic heterocycles. The molecule has 2 amide bonds. The minimum Gasteiger partial charge on any atom is -0.480 e. The van der Waals surface area contributed by atoms with Gasteiger partial charge in [0.1, 0.15) is 6.04 Å². The van der Waals surface area contributed by atoms with Crippen LogP contribution in [0.15, 0.2) is 24.3 Å². The Balaban J connectivity index is 2.43. The van der Waals surface area contributed by atoms with E-state index in [0.29, 0.717) is 12.8 Å². The summed E-state index contributed by atoms with van der Waals surface area (Å²) in [7, 11) is 0. The number of nitrogens with one attached hydrogen (secondary N) is 2. The molecule has 0 saturated heterocycles. The molecule has 6 nitrogen and oxygen atoms in total. The first-order valence-corrected chi connectivity index (χ1v) is 6.52. The van der Waals surface area contributed by atoms with E-state index in [1.807, 2.05) is 24.3 Å². The second-order valence-electron chi connectivity index (χ2n) is 4.83. The number of allylic oxidation sites excluding steroid dienone is 2. The van der Waals surface area contributed by atoms with Crippen LogP contribution in [-0.2, 0) is 14.4 Å². The molecular weight excluding hydrogens is 260 g/mol. The topological polar surface area (TPSA) is 95.5 Å². The fourth-order valence-corrected chi connectivity index (χ4v) is 2.04. The molecule has 110 valence electrons. The zero-order valence-electron chi connectivity index (χ0n) is 11.6. The highest BCUT2D eigenvalue weighted by Crippen LogP contribution is 2.17. The van der Waals surface area contributed by atoms with Gasteiger partial charge >= 0.3 is 5.97 Å². The minimum absolute atomic E-state index is 0.0978. The normalized spacial score (nSPS) is 22.1. The van der Waals surface area contributed by atoms with E-state index in [-0.39, 0.29) is 23.8 Å². The number of hydrogen-bond donors (Lipinski definition) is 3. The van der Waals surface area contributed by atoms with Crippen molar-refractivity contribution in [1.29, 1.82) is 0 Å². The average Bonchev–Trinajstić information content (AvgIpc) is 2.34. The summed E-state index contributed by atoms with van der Waals surface area (Å²) in [6.45, 7) is 2.76. The Labute approximate surface area is 117 Å². The molecule has 0 bridgehead atoms. The van der Waals surface area contributed by atoms with Crippen molar-refractivity contribution in [1.82, 2.24) is 10.6 Å². The Morgan fingerprint density at radius 2 is 1.70 bits per heavy atom. The largest absolute Gasteiger partial charge is 0.480 e. The molecule has 1 aliphatic carbocycles. The predicted molar refractivity (Wildman–Crippen MR) is 73.8 cm³/mol. The Kier molecular flexibility index (Phi) is 5.96. The third-order valence-electron chi connectivity index (χ3n) is 2.97. The van der Waals surface area contributed by atoms with E-state index in [1.54, 1.807) is 0 Å². The second kappa shape index (κ2) is 7.47. The van der Waals surface area contributed by atoms with Gasteiger partial charge in [-0.2, -0.15) is 0 Å². The van der Waals surface area contributed by atoms with Crippen LogP contribution in [0.3, 0.4) is 0 Å². The molecule has 3 N–H and O–H groups in total. The number of carboxylic acids is 1. The Hall–Kier alpha value is -2.11. The maximum atomic E-state index is 11.0. The molecule has 0 heterocycles. The van der Waals surface area contributed by atoms with Gasteiger partial charge in [0.15, 0.2) is 0 Å². The van der Waals surface area contributed by atoms with Gasteiger partial charge < -0.3 is 15.7 Å². The van der Waals surface area contributed by atoms with Crippen molar-refractivity contribution in [2.24, 2.45) is 5.92 Å². The quantitative estimate of drug-likeness (QED) is 0.621. The van der Waals surface area contributed by atoms with Gasteiger partial charge in [-0.15, -0.1) is 0 Å². The van der Waals surface area contributed by atoms with Gasteiger partial charge in [-0.1, -0.05) is 24.3 Å². The first-order chi connectivity index (χ1) is 9.38. The van der Waals surface area contributed by atoms with Crippen LogP contribution in [0.2, 0.25) is 0 Å². The van der Waals surface area contributed by atoms with Crippen LogP contribution < -0.4 is 10.6 Å². The zero-order chi connectivity index (χ0) is 15.1. The lowest BCUT2D eigenvalue weighted by Crippen LogP contribution is -2.39. The van der Waals surface area contributed by atoms with Crippen LogP contribution in [0.25, 0.3) is 0 Å². The summed E-state index contributed by atoms with van der Waals surface area (Å²) in [5.74, 6) is -1.35. The highest BCUT2D eigenvalue weighted by Gasteiger charge is 2.19. The smallest absolute Gasteiger partial charge is 0.326 e. The van der Waals surface area contributed by atoms with Crippen LogP contribution in [0.1, 0.15) is 26.7 Å². The third kappa shape index (κ3) is 5.69. The van der Waals surface area contributed by atoms with E-state index >= 15 is 0 Å². The molecule has 0 aromatic rings. The van der Waals surface area contributed by atoms with Gasteiger partial charge in [-0.3, -0.25) is 9.59 Å². The summed E-state index contributed by atoms with van der Waals surface area (Å²) < 4.78 is 0. The lowest BCUT2D eigenvalue weighted by molar-refractivity contribution is -0.141. The minimum atomic E-state index is -1.03. The number of carbonyl (C=O) groups is 3. The van der Waals surface area contributed by atoms with Crippen LogP contribution in [0.4, 0.5) is 0 Å². The molecule has 0 saturated carbocycles. The number of amides is 2. The fourth-order valence-electron chi connectivity index (χ4n) is 2.04. The maximum absolute atomic E-state index is 11.0. The van der Waals surface area contributed by atoms with Crippen molar-refractivity contribution in [2.75, 3.05) is 0 Å². The molecular formula is C14H20N2O4. The van der Waals surface area contributed by atoms with E-state index in [2.05, 4.69) is 10.6 Å². The van der Waals surface area contributed by atoms with Gasteiger partial charge in [-0.05, 0) is 18.8 Å². The average molecular weight is 280 g/mol. The summed E-state index contributed by atoms with van der Waals surface area (Å²) in [6.07, 6.45) is 8.61. The SMILES string of the molecule is CC(=O)NC1C=CC(CC[C@@H](NC(C)=O)C(=O)O)C=C1. The Morgan fingerprint density at radius 1 is 1.10 bits per heavy atom. The molecule has 0 fully saturated rings. The number of carboxylic acid groups (broad SMARTS) is 1. The molecule has 1 rings (SSSR count). The van der Waals surface area contributed by atoms with Crippen LogP contribution in [-0.4, -0.2) is 35.0 Å².